The minimum absolute atomic E-state index is 0.112. The molecule has 115 valence electrons. The molecule has 9 nitrogen and oxygen atoms in total. The summed E-state index contributed by atoms with van der Waals surface area (Å²) in [7, 11) is -7.64. The lowest BCUT2D eigenvalue weighted by Crippen LogP contribution is -2.39. The summed E-state index contributed by atoms with van der Waals surface area (Å²) in [6.07, 6.45) is 3.75. The third kappa shape index (κ3) is 3.74. The number of primary amides is 1. The van der Waals surface area contributed by atoms with Gasteiger partial charge in [0.1, 0.15) is 0 Å². The summed E-state index contributed by atoms with van der Waals surface area (Å²) < 4.78 is 47.4. The zero-order chi connectivity index (χ0) is 15.8. The van der Waals surface area contributed by atoms with Crippen molar-refractivity contribution in [1.29, 1.82) is 0 Å². The van der Waals surface area contributed by atoms with Gasteiger partial charge in [-0.05, 0) is 6.42 Å². The smallest absolute Gasteiger partial charge is 0.286 e. The van der Waals surface area contributed by atoms with Crippen LogP contribution in [-0.2, 0) is 32.8 Å². The number of hydrogen-bond acceptors (Lipinski definition) is 7. The highest BCUT2D eigenvalue weighted by Gasteiger charge is 2.31. The van der Waals surface area contributed by atoms with E-state index in [1.807, 2.05) is 0 Å². The molecule has 0 aromatic carbocycles. The minimum Gasteiger partial charge on any atom is -0.363 e. The summed E-state index contributed by atoms with van der Waals surface area (Å²) in [4.78, 5) is 18.6. The third-order valence-electron chi connectivity index (χ3n) is 2.80. The van der Waals surface area contributed by atoms with E-state index >= 15 is 0 Å². The van der Waals surface area contributed by atoms with Gasteiger partial charge in [-0.25, -0.2) is 26.8 Å². The topological polar surface area (TPSA) is 140 Å². The largest absolute Gasteiger partial charge is 0.363 e. The van der Waals surface area contributed by atoms with Crippen LogP contribution in [0.3, 0.4) is 0 Å². The first kappa shape index (κ1) is 15.8. The fourth-order valence-electron chi connectivity index (χ4n) is 1.91. The van der Waals surface area contributed by atoms with Gasteiger partial charge in [-0.15, -0.1) is 0 Å². The Morgan fingerprint density at radius 2 is 2.05 bits per heavy atom. The van der Waals surface area contributed by atoms with E-state index in [2.05, 4.69) is 16.2 Å². The fourth-order valence-corrected chi connectivity index (χ4v) is 5.36. The molecule has 2 N–H and O–H groups in total. The van der Waals surface area contributed by atoms with Gasteiger partial charge in [-0.3, -0.25) is 4.79 Å². The number of nitrogens with zero attached hydrogens (tertiary/aromatic N) is 3. The Hall–Kier alpha value is -1.59. The van der Waals surface area contributed by atoms with Crippen molar-refractivity contribution < 1.29 is 21.6 Å². The zero-order valence-corrected chi connectivity index (χ0v) is 12.7. The summed E-state index contributed by atoms with van der Waals surface area (Å²) in [5.41, 5.74) is 5.95. The Morgan fingerprint density at radius 1 is 1.38 bits per heavy atom. The highest BCUT2D eigenvalue weighted by atomic mass is 32.3. The number of sulfonamides is 1. The van der Waals surface area contributed by atoms with Crippen molar-refractivity contribution in [2.45, 2.75) is 13.0 Å². The predicted molar refractivity (Wildman–Crippen MR) is 72.1 cm³/mol. The molecule has 1 aliphatic heterocycles. The molecule has 0 atom stereocenters. The summed E-state index contributed by atoms with van der Waals surface area (Å²) in [5.74, 6) is -1.10. The molecule has 21 heavy (non-hydrogen) atoms. The van der Waals surface area contributed by atoms with Crippen LogP contribution in [0.25, 0.3) is 0 Å². The molecule has 0 saturated carbocycles. The Labute approximate surface area is 122 Å². The molecule has 1 radical (unpaired) electrons. The van der Waals surface area contributed by atoms with Crippen molar-refractivity contribution in [3.63, 3.8) is 0 Å². The maximum Gasteiger partial charge on any atom is 0.286 e. The number of hydrogen-bond donors (Lipinski definition) is 1. The molecule has 1 aromatic rings. The maximum absolute atomic E-state index is 12.0. The number of fused-ring (bicyclic) bond motifs is 1. The normalized spacial score (nSPS) is 16.4. The summed E-state index contributed by atoms with van der Waals surface area (Å²) in [6, 6.07) is 0. The molecule has 1 aliphatic rings. The molecule has 11 heteroatoms. The second-order valence-electron chi connectivity index (χ2n) is 4.69. The lowest BCUT2D eigenvalue weighted by atomic mass is 10.1. The third-order valence-corrected chi connectivity index (χ3v) is 6.80. The fraction of sp³-hybridized carbons (Fsp3) is 0.500. The van der Waals surface area contributed by atoms with E-state index in [-0.39, 0.29) is 25.3 Å². The predicted octanol–water partition coefficient (Wildman–Crippen LogP) is -1.93. The van der Waals surface area contributed by atoms with Crippen molar-refractivity contribution in [3.05, 3.63) is 23.3 Å². The van der Waals surface area contributed by atoms with Crippen LogP contribution >= 0.6 is 0 Å². The van der Waals surface area contributed by atoms with Gasteiger partial charge >= 0.3 is 0 Å². The number of carbonyl (C=O) groups is 1. The number of rotatable bonds is 4. The Balaban J connectivity index is 2.30. The molecule has 1 aromatic heterocycles. The van der Waals surface area contributed by atoms with Gasteiger partial charge in [0.05, 0.1) is 18.4 Å². The van der Waals surface area contributed by atoms with E-state index in [1.165, 1.54) is 0 Å². The zero-order valence-electron chi connectivity index (χ0n) is 11.1. The first-order valence-corrected chi connectivity index (χ1v) is 9.48. The van der Waals surface area contributed by atoms with Gasteiger partial charge in [0, 0.05) is 18.4 Å². The first-order valence-electron chi connectivity index (χ1n) is 5.81. The average molecular weight is 333 g/mol. The maximum atomic E-state index is 12.0. The van der Waals surface area contributed by atoms with Crippen LogP contribution < -0.4 is 5.73 Å². The van der Waals surface area contributed by atoms with E-state index in [1.54, 1.807) is 0 Å². The molecular formula is C10H13N4O5S2. The van der Waals surface area contributed by atoms with E-state index in [9.17, 15) is 21.6 Å². The quantitative estimate of drug-likeness (QED) is 0.676. The van der Waals surface area contributed by atoms with Crippen LogP contribution in [0.5, 0.6) is 0 Å². The number of nitrogens with two attached hydrogens (primary N) is 1. The van der Waals surface area contributed by atoms with Crippen LogP contribution in [0.2, 0.25) is 0 Å². The van der Waals surface area contributed by atoms with Gasteiger partial charge < -0.3 is 5.73 Å². The lowest BCUT2D eigenvalue weighted by molar-refractivity contribution is 0.0989. The second kappa shape index (κ2) is 5.31. The van der Waals surface area contributed by atoms with Gasteiger partial charge in [-0.2, -0.15) is 4.31 Å². The molecule has 0 aliphatic carbocycles. The highest BCUT2D eigenvalue weighted by molar-refractivity contribution is 8.06. The van der Waals surface area contributed by atoms with Crippen molar-refractivity contribution in [2.75, 3.05) is 17.9 Å². The summed E-state index contributed by atoms with van der Waals surface area (Å²) in [5, 5.41) is -0.965. The van der Waals surface area contributed by atoms with Crippen molar-refractivity contribution in [3.8, 4) is 0 Å². The molecule has 2 rings (SSSR count). The Kier molecular flexibility index (Phi) is 4.00. The van der Waals surface area contributed by atoms with Crippen LogP contribution in [0, 0.1) is 6.20 Å². The van der Waals surface area contributed by atoms with Gasteiger partial charge in [0.2, 0.25) is 15.8 Å². The number of aromatic nitrogens is 2. The highest BCUT2D eigenvalue weighted by Crippen LogP contribution is 2.19. The molecule has 0 bridgehead atoms. The average Bonchev–Trinajstić information content (AvgIpc) is 2.34. The molecule has 0 spiro atoms. The Morgan fingerprint density at radius 3 is 2.62 bits per heavy atom. The van der Waals surface area contributed by atoms with E-state index in [0.29, 0.717) is 11.3 Å². The SMILES string of the molecule is CS(=O)(=O)CS(=O)(=O)N1CCc2[c]nc(C(N)=O)nc2C1. The van der Waals surface area contributed by atoms with Gasteiger partial charge in [0.25, 0.3) is 5.91 Å². The van der Waals surface area contributed by atoms with Crippen molar-refractivity contribution >= 4 is 25.8 Å². The second-order valence-corrected chi connectivity index (χ2v) is 9.16. The molecule has 0 fully saturated rings. The number of amides is 1. The minimum atomic E-state index is -3.96. The molecule has 0 unspecified atom stereocenters. The monoisotopic (exact) mass is 333 g/mol. The molecule has 0 saturated heterocycles. The Bertz CT molecular complexity index is 788. The van der Waals surface area contributed by atoms with E-state index in [4.69, 9.17) is 5.73 Å². The van der Waals surface area contributed by atoms with Crippen LogP contribution in [0.4, 0.5) is 0 Å². The molecule has 1 amide bonds. The first-order chi connectivity index (χ1) is 9.58. The molecular weight excluding hydrogens is 320 g/mol. The standard InChI is InChI=1S/C10H13N4O5S2/c1-20(16,17)6-21(18,19)14-3-2-7-4-12-10(9(11)15)13-8(7)5-14/h2-3,5-6H2,1H3,(H2,11,15). The van der Waals surface area contributed by atoms with Gasteiger partial charge in [0.15, 0.2) is 14.9 Å². The summed E-state index contributed by atoms with van der Waals surface area (Å²) >= 11 is 0. The number of carbonyl (C=O) groups excluding carboxylic acids is 1. The van der Waals surface area contributed by atoms with E-state index < -0.39 is 30.9 Å². The summed E-state index contributed by atoms with van der Waals surface area (Å²) in [6.45, 7) is -0.0207. The van der Waals surface area contributed by atoms with Crippen molar-refractivity contribution in [2.24, 2.45) is 5.73 Å². The van der Waals surface area contributed by atoms with Crippen LogP contribution in [-0.4, -0.2) is 54.9 Å². The van der Waals surface area contributed by atoms with Crippen LogP contribution in [0.15, 0.2) is 0 Å². The lowest BCUT2D eigenvalue weighted by Gasteiger charge is -2.26. The van der Waals surface area contributed by atoms with E-state index in [0.717, 1.165) is 10.6 Å². The van der Waals surface area contributed by atoms with Crippen molar-refractivity contribution in [1.82, 2.24) is 14.3 Å². The van der Waals surface area contributed by atoms with Crippen LogP contribution in [0.1, 0.15) is 21.9 Å². The molecule has 2 heterocycles. The number of sulfone groups is 1. The van der Waals surface area contributed by atoms with Gasteiger partial charge in [-0.1, -0.05) is 0 Å².